The number of likely N-dealkylation sites (tertiary alicyclic amines) is 1. The van der Waals surface area contributed by atoms with Crippen LogP contribution in [-0.4, -0.2) is 48.8 Å². The third-order valence-corrected chi connectivity index (χ3v) is 6.01. The number of carbonyl (C=O) groups is 1. The first-order chi connectivity index (χ1) is 14.7. The van der Waals surface area contributed by atoms with Crippen molar-refractivity contribution in [2.45, 2.75) is 31.5 Å². The molecule has 0 spiro atoms. The minimum atomic E-state index is -0.363. The normalized spacial score (nSPS) is 25.5. The van der Waals surface area contributed by atoms with Gasteiger partial charge in [-0.15, -0.1) is 0 Å². The molecule has 2 heterocycles. The second-order valence-electron chi connectivity index (χ2n) is 7.68. The van der Waals surface area contributed by atoms with Crippen LogP contribution in [-0.2, 0) is 9.53 Å². The number of hydrogen-bond acceptors (Lipinski definition) is 6. The van der Waals surface area contributed by atoms with Gasteiger partial charge in [-0.05, 0) is 37.1 Å². The van der Waals surface area contributed by atoms with Crippen LogP contribution in [0.15, 0.2) is 48.5 Å². The molecule has 2 aliphatic rings. The van der Waals surface area contributed by atoms with Crippen LogP contribution in [0, 0.1) is 5.92 Å². The molecule has 7 nitrogen and oxygen atoms in total. The van der Waals surface area contributed by atoms with E-state index in [9.17, 15) is 9.90 Å². The smallest absolute Gasteiger partial charge is 0.242 e. The van der Waals surface area contributed by atoms with Crippen molar-refractivity contribution in [3.8, 4) is 11.5 Å². The Hall–Kier alpha value is -2.61. The molecule has 0 saturated carbocycles. The Morgan fingerprint density at radius 1 is 1.10 bits per heavy atom. The highest BCUT2D eigenvalue weighted by molar-refractivity contribution is 5.86. The Morgan fingerprint density at radius 2 is 1.90 bits per heavy atom. The van der Waals surface area contributed by atoms with Crippen LogP contribution in [0.1, 0.15) is 36.6 Å². The Labute approximate surface area is 177 Å². The van der Waals surface area contributed by atoms with Crippen LogP contribution in [0.4, 0.5) is 0 Å². The molecule has 30 heavy (non-hydrogen) atoms. The number of nitrogens with one attached hydrogen (secondary N) is 2. The van der Waals surface area contributed by atoms with Gasteiger partial charge in [0.15, 0.2) is 0 Å². The van der Waals surface area contributed by atoms with Gasteiger partial charge in [-0.25, -0.2) is 10.9 Å². The average Bonchev–Trinajstić information content (AvgIpc) is 3.31. The van der Waals surface area contributed by atoms with E-state index in [4.69, 9.17) is 9.47 Å². The van der Waals surface area contributed by atoms with E-state index in [1.54, 1.807) is 19.2 Å². The second kappa shape index (κ2) is 9.04. The summed E-state index contributed by atoms with van der Waals surface area (Å²) < 4.78 is 10.9. The number of hydrazine groups is 1. The van der Waals surface area contributed by atoms with Gasteiger partial charge in [0.05, 0.1) is 19.2 Å². The van der Waals surface area contributed by atoms with E-state index in [0.717, 1.165) is 23.3 Å². The second-order valence-corrected chi connectivity index (χ2v) is 7.68. The molecular weight excluding hydrogens is 382 g/mol. The van der Waals surface area contributed by atoms with Gasteiger partial charge in [-0.3, -0.25) is 4.79 Å². The fourth-order valence-corrected chi connectivity index (χ4v) is 4.67. The molecule has 0 radical (unpaired) electrons. The third-order valence-electron chi connectivity index (χ3n) is 6.01. The van der Waals surface area contributed by atoms with Crippen molar-refractivity contribution in [3.63, 3.8) is 0 Å². The third kappa shape index (κ3) is 3.76. The molecule has 7 heteroatoms. The summed E-state index contributed by atoms with van der Waals surface area (Å²) in [6, 6.07) is 14.5. The number of rotatable bonds is 8. The van der Waals surface area contributed by atoms with E-state index >= 15 is 0 Å². The van der Waals surface area contributed by atoms with Crippen LogP contribution in [0.3, 0.4) is 0 Å². The van der Waals surface area contributed by atoms with Gasteiger partial charge < -0.3 is 19.5 Å². The number of benzene rings is 2. The lowest BCUT2D eigenvalue weighted by atomic mass is 9.83. The molecule has 0 aromatic heterocycles. The van der Waals surface area contributed by atoms with Gasteiger partial charge in [0.2, 0.25) is 5.91 Å². The highest BCUT2D eigenvalue weighted by Gasteiger charge is 2.55. The number of nitrogens with zero attached hydrogens (tertiary/aromatic N) is 1. The topological polar surface area (TPSA) is 83.1 Å². The van der Waals surface area contributed by atoms with Gasteiger partial charge in [0.25, 0.3) is 0 Å². The van der Waals surface area contributed by atoms with E-state index in [1.807, 2.05) is 48.2 Å². The zero-order chi connectivity index (χ0) is 21.1. The van der Waals surface area contributed by atoms with E-state index in [-0.39, 0.29) is 35.7 Å². The fourth-order valence-electron chi connectivity index (χ4n) is 4.67. The lowest BCUT2D eigenvalue weighted by Gasteiger charge is -2.31. The summed E-state index contributed by atoms with van der Waals surface area (Å²) in [5.41, 5.74) is 8.26. The summed E-state index contributed by atoms with van der Waals surface area (Å²) in [4.78, 5) is 15.3. The summed E-state index contributed by atoms with van der Waals surface area (Å²) >= 11 is 0. The quantitative estimate of drug-likeness (QED) is 0.579. The zero-order valence-corrected chi connectivity index (χ0v) is 17.4. The molecule has 0 aliphatic carbocycles. The highest BCUT2D eigenvalue weighted by atomic mass is 16.5. The number of phenolic OH excluding ortho intramolecular Hbond substituents is 1. The van der Waals surface area contributed by atoms with Gasteiger partial charge >= 0.3 is 0 Å². The summed E-state index contributed by atoms with van der Waals surface area (Å²) in [6.07, 6.45) is 0.772. The molecule has 2 aliphatic heterocycles. The summed E-state index contributed by atoms with van der Waals surface area (Å²) in [5.74, 6) is 0.972. The molecule has 4 atom stereocenters. The summed E-state index contributed by atoms with van der Waals surface area (Å²) in [6.45, 7) is 3.87. The Morgan fingerprint density at radius 3 is 2.67 bits per heavy atom. The summed E-state index contributed by atoms with van der Waals surface area (Å²) in [5, 5.41) is 10.5. The number of ether oxygens (including phenoxy) is 2. The number of hydrogen-bond donors (Lipinski definition) is 3. The van der Waals surface area contributed by atoms with Gasteiger partial charge in [0, 0.05) is 31.2 Å². The first-order valence-corrected chi connectivity index (χ1v) is 10.5. The number of amides is 1. The fraction of sp³-hybridized carbons (Fsp3) is 0.435. The lowest BCUT2D eigenvalue weighted by molar-refractivity contribution is -0.131. The minimum Gasteiger partial charge on any atom is -0.508 e. The van der Waals surface area contributed by atoms with Crippen molar-refractivity contribution < 1.29 is 19.4 Å². The van der Waals surface area contributed by atoms with E-state index in [1.165, 1.54) is 0 Å². The molecule has 0 bridgehead atoms. The molecule has 4 unspecified atom stereocenters. The van der Waals surface area contributed by atoms with Crippen LogP contribution in [0.2, 0.25) is 0 Å². The van der Waals surface area contributed by atoms with Crippen LogP contribution < -0.4 is 15.6 Å². The van der Waals surface area contributed by atoms with E-state index in [0.29, 0.717) is 19.8 Å². The number of carbonyl (C=O) groups excluding carboxylic acids is 1. The largest absolute Gasteiger partial charge is 0.508 e. The maximum atomic E-state index is 13.3. The molecule has 2 aromatic carbocycles. The Kier molecular flexibility index (Phi) is 6.22. The number of phenols is 1. The molecule has 3 N–H and O–H groups in total. The minimum absolute atomic E-state index is 0.0646. The van der Waals surface area contributed by atoms with Crippen LogP contribution in [0.25, 0.3) is 0 Å². The predicted molar refractivity (Wildman–Crippen MR) is 113 cm³/mol. The summed E-state index contributed by atoms with van der Waals surface area (Å²) in [7, 11) is 1.64. The molecule has 2 saturated heterocycles. The van der Waals surface area contributed by atoms with Gasteiger partial charge in [-0.2, -0.15) is 0 Å². The Balaban J connectivity index is 1.70. The number of aromatic hydroxyl groups is 1. The van der Waals surface area contributed by atoms with Crippen LogP contribution >= 0.6 is 0 Å². The van der Waals surface area contributed by atoms with Gasteiger partial charge in [0.1, 0.15) is 17.5 Å². The maximum absolute atomic E-state index is 13.3. The van der Waals surface area contributed by atoms with Crippen molar-refractivity contribution >= 4 is 5.91 Å². The first kappa shape index (κ1) is 20.7. The highest BCUT2D eigenvalue weighted by Crippen LogP contribution is 2.48. The first-order valence-electron chi connectivity index (χ1n) is 10.5. The van der Waals surface area contributed by atoms with Crippen molar-refractivity contribution in [2.75, 3.05) is 26.9 Å². The predicted octanol–water partition coefficient (Wildman–Crippen LogP) is 2.54. The van der Waals surface area contributed by atoms with Crippen molar-refractivity contribution in [1.29, 1.82) is 0 Å². The van der Waals surface area contributed by atoms with E-state index < -0.39 is 0 Å². The maximum Gasteiger partial charge on any atom is 0.242 e. The van der Waals surface area contributed by atoms with Crippen molar-refractivity contribution in [3.05, 3.63) is 59.7 Å². The van der Waals surface area contributed by atoms with Crippen molar-refractivity contribution in [2.24, 2.45) is 5.92 Å². The lowest BCUT2D eigenvalue weighted by Crippen LogP contribution is -2.41. The van der Waals surface area contributed by atoms with E-state index in [2.05, 4.69) is 10.9 Å². The average molecular weight is 412 g/mol. The molecule has 1 amide bonds. The van der Waals surface area contributed by atoms with Crippen LogP contribution in [0.5, 0.6) is 11.5 Å². The molecule has 2 aromatic rings. The van der Waals surface area contributed by atoms with Gasteiger partial charge in [-0.1, -0.05) is 30.3 Å². The standard InChI is InChI=1S/C23H29N3O4/c1-3-30-13-7-12-26-22(15-8-6-9-16(14-15)29-2)19-20(24-25-21(19)23(26)28)17-10-4-5-11-18(17)27/h4-6,8-11,14,19-22,24-25,27H,3,7,12-13H2,1-2H3. The molecule has 4 rings (SSSR count). The van der Waals surface area contributed by atoms with Crippen molar-refractivity contribution in [1.82, 2.24) is 15.8 Å². The number of fused-ring (bicyclic) bond motifs is 1. The number of methoxy groups -OCH3 is 1. The zero-order valence-electron chi connectivity index (χ0n) is 17.4. The molecule has 160 valence electrons. The monoisotopic (exact) mass is 411 g/mol. The number of para-hydroxylation sites is 1. The SMILES string of the molecule is CCOCCCN1C(=O)C2NNC(c3ccccc3O)C2C1c1cccc(OC)c1. The Bertz CT molecular complexity index is 890. The molecular formula is C23H29N3O4. The molecule has 2 fully saturated rings.